The molecule has 0 saturated heterocycles. The SMILES string of the molecule is CCC(CC)(OC)C(NN)c1ccc(F)cc1F. The quantitative estimate of drug-likeness (QED) is 0.609. The van der Waals surface area contributed by atoms with Crippen molar-refractivity contribution in [1.82, 2.24) is 5.43 Å². The summed E-state index contributed by atoms with van der Waals surface area (Å²) >= 11 is 0. The van der Waals surface area contributed by atoms with Gasteiger partial charge in [0.25, 0.3) is 0 Å². The fourth-order valence-corrected chi connectivity index (χ4v) is 2.33. The summed E-state index contributed by atoms with van der Waals surface area (Å²) in [7, 11) is 1.57. The second kappa shape index (κ2) is 6.22. The molecule has 3 N–H and O–H groups in total. The maximum atomic E-state index is 13.8. The van der Waals surface area contributed by atoms with Crippen molar-refractivity contribution in [3.63, 3.8) is 0 Å². The minimum atomic E-state index is -0.624. The van der Waals surface area contributed by atoms with Crippen molar-refractivity contribution < 1.29 is 13.5 Å². The lowest BCUT2D eigenvalue weighted by Gasteiger charge is -2.38. The Kier molecular flexibility index (Phi) is 5.19. The van der Waals surface area contributed by atoms with Gasteiger partial charge < -0.3 is 4.74 Å². The fourth-order valence-electron chi connectivity index (χ4n) is 2.33. The molecule has 0 heterocycles. The first-order valence-corrected chi connectivity index (χ1v) is 6.00. The molecule has 0 radical (unpaired) electrons. The van der Waals surface area contributed by atoms with Gasteiger partial charge in [-0.25, -0.2) is 14.2 Å². The Morgan fingerprint density at radius 1 is 1.33 bits per heavy atom. The number of hydrogen-bond donors (Lipinski definition) is 2. The van der Waals surface area contributed by atoms with E-state index in [0.717, 1.165) is 6.07 Å². The smallest absolute Gasteiger partial charge is 0.131 e. The number of hydrazine groups is 1. The van der Waals surface area contributed by atoms with Gasteiger partial charge >= 0.3 is 0 Å². The Morgan fingerprint density at radius 3 is 2.33 bits per heavy atom. The van der Waals surface area contributed by atoms with Crippen LogP contribution in [0.2, 0.25) is 0 Å². The van der Waals surface area contributed by atoms with Gasteiger partial charge in [0, 0.05) is 18.7 Å². The van der Waals surface area contributed by atoms with Crippen molar-refractivity contribution in [2.45, 2.75) is 38.3 Å². The fraction of sp³-hybridized carbons (Fsp3) is 0.538. The third kappa shape index (κ3) is 2.68. The summed E-state index contributed by atoms with van der Waals surface area (Å²) in [6, 6.07) is 2.94. The molecule has 1 atom stereocenters. The Labute approximate surface area is 106 Å². The average molecular weight is 258 g/mol. The highest BCUT2D eigenvalue weighted by atomic mass is 19.1. The van der Waals surface area contributed by atoms with E-state index in [2.05, 4.69) is 5.43 Å². The van der Waals surface area contributed by atoms with E-state index >= 15 is 0 Å². The molecule has 1 rings (SSSR count). The molecular weight excluding hydrogens is 238 g/mol. The van der Waals surface area contributed by atoms with E-state index in [9.17, 15) is 8.78 Å². The van der Waals surface area contributed by atoms with Crippen LogP contribution in [0.1, 0.15) is 38.3 Å². The van der Waals surface area contributed by atoms with Gasteiger partial charge in [0.1, 0.15) is 11.6 Å². The highest BCUT2D eigenvalue weighted by molar-refractivity contribution is 5.25. The lowest BCUT2D eigenvalue weighted by atomic mass is 9.84. The lowest BCUT2D eigenvalue weighted by molar-refractivity contribution is -0.0495. The van der Waals surface area contributed by atoms with Gasteiger partial charge in [-0.05, 0) is 18.9 Å². The predicted octanol–water partition coefficient (Wildman–Crippen LogP) is 2.67. The maximum Gasteiger partial charge on any atom is 0.131 e. The number of hydrogen-bond acceptors (Lipinski definition) is 3. The van der Waals surface area contributed by atoms with E-state index < -0.39 is 23.3 Å². The number of nitrogens with two attached hydrogens (primary N) is 1. The monoisotopic (exact) mass is 258 g/mol. The zero-order valence-corrected chi connectivity index (χ0v) is 11.0. The van der Waals surface area contributed by atoms with Crippen LogP contribution in [-0.2, 0) is 4.74 Å². The van der Waals surface area contributed by atoms with Crippen LogP contribution in [0.25, 0.3) is 0 Å². The molecule has 0 aliphatic carbocycles. The van der Waals surface area contributed by atoms with Gasteiger partial charge in [0.05, 0.1) is 11.6 Å². The summed E-state index contributed by atoms with van der Waals surface area (Å²) in [6.07, 6.45) is 1.32. The van der Waals surface area contributed by atoms with Crippen molar-refractivity contribution in [2.75, 3.05) is 7.11 Å². The van der Waals surface area contributed by atoms with Gasteiger partial charge in [-0.3, -0.25) is 5.84 Å². The molecule has 1 aromatic carbocycles. The maximum absolute atomic E-state index is 13.8. The van der Waals surface area contributed by atoms with E-state index in [4.69, 9.17) is 10.6 Å². The second-order valence-electron chi connectivity index (χ2n) is 4.24. The summed E-state index contributed by atoms with van der Waals surface area (Å²) in [5.74, 6) is 4.30. The minimum absolute atomic E-state index is 0.310. The van der Waals surface area contributed by atoms with Gasteiger partial charge in [-0.2, -0.15) is 0 Å². The first-order valence-electron chi connectivity index (χ1n) is 6.00. The molecule has 1 unspecified atom stereocenters. The topological polar surface area (TPSA) is 47.3 Å². The number of halogens is 2. The van der Waals surface area contributed by atoms with Crippen molar-refractivity contribution in [3.05, 3.63) is 35.4 Å². The van der Waals surface area contributed by atoms with Crippen molar-refractivity contribution >= 4 is 0 Å². The Bertz CT molecular complexity index is 386. The zero-order valence-electron chi connectivity index (χ0n) is 11.0. The van der Waals surface area contributed by atoms with Crippen molar-refractivity contribution in [2.24, 2.45) is 5.84 Å². The van der Waals surface area contributed by atoms with Crippen LogP contribution < -0.4 is 11.3 Å². The molecule has 0 aliphatic heterocycles. The Morgan fingerprint density at radius 2 is 1.94 bits per heavy atom. The highest BCUT2D eigenvalue weighted by Gasteiger charge is 2.37. The molecule has 0 amide bonds. The molecule has 0 aromatic heterocycles. The summed E-state index contributed by atoms with van der Waals surface area (Å²) in [5, 5.41) is 0. The van der Waals surface area contributed by atoms with Gasteiger partial charge in [0.15, 0.2) is 0 Å². The summed E-state index contributed by atoms with van der Waals surface area (Å²) < 4.78 is 32.3. The molecule has 0 fully saturated rings. The third-order valence-electron chi connectivity index (χ3n) is 3.57. The minimum Gasteiger partial charge on any atom is -0.376 e. The molecular formula is C13H20F2N2O. The van der Waals surface area contributed by atoms with Crippen LogP contribution >= 0.6 is 0 Å². The van der Waals surface area contributed by atoms with Gasteiger partial charge in [0.2, 0.25) is 0 Å². The number of rotatable bonds is 6. The number of ether oxygens (including phenoxy) is 1. The zero-order chi connectivity index (χ0) is 13.8. The Hall–Kier alpha value is -1.04. The van der Waals surface area contributed by atoms with Crippen LogP contribution in [0, 0.1) is 11.6 Å². The average Bonchev–Trinajstić information content (AvgIpc) is 2.38. The van der Waals surface area contributed by atoms with Crippen LogP contribution in [-0.4, -0.2) is 12.7 Å². The van der Waals surface area contributed by atoms with Crippen LogP contribution in [0.4, 0.5) is 8.78 Å². The number of nitrogens with one attached hydrogen (secondary N) is 1. The molecule has 3 nitrogen and oxygen atoms in total. The molecule has 1 aromatic rings. The molecule has 0 aliphatic rings. The van der Waals surface area contributed by atoms with Gasteiger partial charge in [-0.1, -0.05) is 19.9 Å². The molecule has 0 spiro atoms. The third-order valence-corrected chi connectivity index (χ3v) is 3.57. The van der Waals surface area contributed by atoms with E-state index in [0.29, 0.717) is 18.4 Å². The first kappa shape index (κ1) is 15.0. The molecule has 102 valence electrons. The molecule has 0 saturated carbocycles. The van der Waals surface area contributed by atoms with Crippen LogP contribution in [0.5, 0.6) is 0 Å². The van der Waals surface area contributed by atoms with Crippen molar-refractivity contribution in [3.8, 4) is 0 Å². The van der Waals surface area contributed by atoms with E-state index in [1.807, 2.05) is 13.8 Å². The molecule has 5 heteroatoms. The lowest BCUT2D eigenvalue weighted by Crippen LogP contribution is -2.47. The standard InChI is InChI=1S/C13H20F2N2O/c1-4-13(5-2,18-3)12(17-16)10-7-6-9(14)8-11(10)15/h6-8,12,17H,4-5,16H2,1-3H3. The van der Waals surface area contributed by atoms with Crippen molar-refractivity contribution in [1.29, 1.82) is 0 Å². The van der Waals surface area contributed by atoms with Crippen LogP contribution in [0.3, 0.4) is 0 Å². The first-order chi connectivity index (χ1) is 8.54. The number of methoxy groups -OCH3 is 1. The van der Waals surface area contributed by atoms with E-state index in [1.165, 1.54) is 12.1 Å². The normalized spacial score (nSPS) is 13.7. The summed E-state index contributed by atoms with van der Waals surface area (Å²) in [4.78, 5) is 0. The Balaban J connectivity index is 3.23. The predicted molar refractivity (Wildman–Crippen MR) is 66.7 cm³/mol. The van der Waals surface area contributed by atoms with E-state index in [-0.39, 0.29) is 0 Å². The number of benzene rings is 1. The van der Waals surface area contributed by atoms with E-state index in [1.54, 1.807) is 7.11 Å². The largest absolute Gasteiger partial charge is 0.376 e. The molecule has 18 heavy (non-hydrogen) atoms. The highest BCUT2D eigenvalue weighted by Crippen LogP contribution is 2.35. The summed E-state index contributed by atoms with van der Waals surface area (Å²) in [5.41, 5.74) is 2.28. The second-order valence-corrected chi connectivity index (χ2v) is 4.24. The molecule has 0 bridgehead atoms. The summed E-state index contributed by atoms with van der Waals surface area (Å²) in [6.45, 7) is 3.89. The van der Waals surface area contributed by atoms with Crippen LogP contribution in [0.15, 0.2) is 18.2 Å². The van der Waals surface area contributed by atoms with Gasteiger partial charge in [-0.15, -0.1) is 0 Å².